The van der Waals surface area contributed by atoms with E-state index in [9.17, 15) is 9.90 Å². The number of aromatic carboxylic acids is 1. The van der Waals surface area contributed by atoms with E-state index in [0.29, 0.717) is 6.54 Å². The molecule has 0 saturated carbocycles. The molecule has 122 valence electrons. The Hall–Kier alpha value is -2.17. The molecule has 1 atom stereocenters. The summed E-state index contributed by atoms with van der Waals surface area (Å²) >= 11 is 0. The second-order valence-electron chi connectivity index (χ2n) is 5.89. The summed E-state index contributed by atoms with van der Waals surface area (Å²) in [6, 6.07) is 13.1. The molecule has 4 heteroatoms. The van der Waals surface area contributed by atoms with Gasteiger partial charge in [0.05, 0.1) is 12.2 Å². The van der Waals surface area contributed by atoms with Crippen LogP contribution in [0.5, 0.6) is 0 Å². The van der Waals surface area contributed by atoms with Crippen molar-refractivity contribution >= 4 is 5.97 Å². The third-order valence-corrected chi connectivity index (χ3v) is 4.07. The molecule has 0 bridgehead atoms. The fourth-order valence-corrected chi connectivity index (χ4v) is 2.44. The fourth-order valence-electron chi connectivity index (χ4n) is 2.44. The first kappa shape index (κ1) is 17.2. The van der Waals surface area contributed by atoms with Crippen molar-refractivity contribution in [2.24, 2.45) is 0 Å². The van der Waals surface area contributed by atoms with Gasteiger partial charge >= 0.3 is 5.97 Å². The highest BCUT2D eigenvalue weighted by Gasteiger charge is 2.09. The average molecular weight is 313 g/mol. The summed E-state index contributed by atoms with van der Waals surface area (Å²) in [4.78, 5) is 10.8. The quantitative estimate of drug-likeness (QED) is 0.735. The van der Waals surface area contributed by atoms with Crippen molar-refractivity contribution < 1.29 is 15.0 Å². The van der Waals surface area contributed by atoms with E-state index >= 15 is 0 Å². The number of carbonyl (C=O) groups is 1. The van der Waals surface area contributed by atoms with E-state index in [0.717, 1.165) is 12.0 Å². The lowest BCUT2D eigenvalue weighted by Gasteiger charge is -2.17. The molecule has 0 aliphatic carbocycles. The number of benzene rings is 2. The zero-order valence-electron chi connectivity index (χ0n) is 13.5. The Morgan fingerprint density at radius 2 is 1.70 bits per heavy atom. The first-order valence-electron chi connectivity index (χ1n) is 7.72. The number of hydrogen-bond donors (Lipinski definition) is 3. The lowest BCUT2D eigenvalue weighted by atomic mass is 10.0. The predicted octanol–water partition coefficient (Wildman–Crippen LogP) is 2.69. The molecule has 0 amide bonds. The van der Waals surface area contributed by atoms with E-state index in [1.165, 1.54) is 16.7 Å². The van der Waals surface area contributed by atoms with Crippen molar-refractivity contribution in [1.29, 1.82) is 0 Å². The number of nitrogens with one attached hydrogen (secondary N) is 1. The minimum absolute atomic E-state index is 0.0312. The molecule has 23 heavy (non-hydrogen) atoms. The number of aryl methyl sites for hydroxylation is 2. The highest BCUT2D eigenvalue weighted by molar-refractivity contribution is 5.87. The summed E-state index contributed by atoms with van der Waals surface area (Å²) < 4.78 is 0. The molecule has 0 heterocycles. The standard InChI is InChI=1S/C19H23NO3/c1-13-3-4-16(9-14(13)2)10-18(12-21)20-11-15-5-7-17(8-6-15)19(22)23/h3-9,18,20-21H,10-12H2,1-2H3,(H,22,23). The van der Waals surface area contributed by atoms with Gasteiger partial charge in [-0.3, -0.25) is 0 Å². The minimum Gasteiger partial charge on any atom is -0.478 e. The third kappa shape index (κ3) is 4.91. The van der Waals surface area contributed by atoms with E-state index in [1.807, 2.05) is 0 Å². The van der Waals surface area contributed by atoms with Crippen molar-refractivity contribution in [2.75, 3.05) is 6.61 Å². The molecule has 1 unspecified atom stereocenters. The molecule has 0 saturated heterocycles. The maximum Gasteiger partial charge on any atom is 0.335 e. The topological polar surface area (TPSA) is 69.6 Å². The van der Waals surface area contributed by atoms with Crippen molar-refractivity contribution in [2.45, 2.75) is 32.9 Å². The summed E-state index contributed by atoms with van der Waals surface area (Å²) in [6.07, 6.45) is 0.755. The molecule has 0 aliphatic rings. The van der Waals surface area contributed by atoms with Crippen LogP contribution in [-0.4, -0.2) is 28.8 Å². The molecule has 2 aromatic carbocycles. The van der Waals surface area contributed by atoms with Gasteiger partial charge in [0.1, 0.15) is 0 Å². The monoisotopic (exact) mass is 313 g/mol. The Kier molecular flexibility index (Phi) is 5.90. The molecule has 0 aromatic heterocycles. The van der Waals surface area contributed by atoms with Crippen LogP contribution in [0.15, 0.2) is 42.5 Å². The number of aliphatic hydroxyl groups is 1. The van der Waals surface area contributed by atoms with Crippen molar-refractivity contribution in [3.05, 3.63) is 70.3 Å². The predicted molar refractivity (Wildman–Crippen MR) is 90.7 cm³/mol. The van der Waals surface area contributed by atoms with Gasteiger partial charge in [-0.05, 0) is 54.7 Å². The summed E-state index contributed by atoms with van der Waals surface area (Å²) in [7, 11) is 0. The zero-order valence-corrected chi connectivity index (χ0v) is 13.5. The van der Waals surface area contributed by atoms with Gasteiger partial charge in [-0.15, -0.1) is 0 Å². The Labute approximate surface area is 136 Å². The molecular formula is C19H23NO3. The van der Waals surface area contributed by atoms with Crippen LogP contribution >= 0.6 is 0 Å². The van der Waals surface area contributed by atoms with Gasteiger partial charge in [-0.2, -0.15) is 0 Å². The first-order chi connectivity index (χ1) is 11.0. The number of hydrogen-bond acceptors (Lipinski definition) is 3. The number of rotatable bonds is 7. The smallest absolute Gasteiger partial charge is 0.335 e. The van der Waals surface area contributed by atoms with Crippen LogP contribution in [0.4, 0.5) is 0 Å². The Balaban J connectivity index is 1.93. The van der Waals surface area contributed by atoms with Gasteiger partial charge < -0.3 is 15.5 Å². The van der Waals surface area contributed by atoms with Gasteiger partial charge in [0.25, 0.3) is 0 Å². The number of carboxylic acid groups (broad SMARTS) is 1. The molecular weight excluding hydrogens is 290 g/mol. The van der Waals surface area contributed by atoms with Crippen LogP contribution in [-0.2, 0) is 13.0 Å². The van der Waals surface area contributed by atoms with Gasteiger partial charge in [-0.1, -0.05) is 30.3 Å². The lowest BCUT2D eigenvalue weighted by molar-refractivity contribution is 0.0697. The zero-order chi connectivity index (χ0) is 16.8. The van der Waals surface area contributed by atoms with Crippen LogP contribution in [0.1, 0.15) is 32.6 Å². The Bertz CT molecular complexity index is 665. The summed E-state index contributed by atoms with van der Waals surface area (Å²) in [5.74, 6) is -0.924. The highest BCUT2D eigenvalue weighted by Crippen LogP contribution is 2.12. The Morgan fingerprint density at radius 1 is 1.04 bits per heavy atom. The number of aliphatic hydroxyl groups excluding tert-OH is 1. The van der Waals surface area contributed by atoms with E-state index in [1.54, 1.807) is 24.3 Å². The number of carboxylic acids is 1. The molecule has 0 spiro atoms. The van der Waals surface area contributed by atoms with E-state index < -0.39 is 5.97 Å². The molecule has 2 aromatic rings. The first-order valence-corrected chi connectivity index (χ1v) is 7.72. The van der Waals surface area contributed by atoms with Crippen molar-refractivity contribution in [3.8, 4) is 0 Å². The van der Waals surface area contributed by atoms with Crippen molar-refractivity contribution in [1.82, 2.24) is 5.32 Å². The molecule has 0 fully saturated rings. The molecule has 4 nitrogen and oxygen atoms in total. The van der Waals surface area contributed by atoms with Crippen LogP contribution in [0, 0.1) is 13.8 Å². The maximum absolute atomic E-state index is 10.8. The highest BCUT2D eigenvalue weighted by atomic mass is 16.4. The van der Waals surface area contributed by atoms with E-state index in [4.69, 9.17) is 5.11 Å². The SMILES string of the molecule is Cc1ccc(CC(CO)NCc2ccc(C(=O)O)cc2)cc1C. The van der Waals surface area contributed by atoms with Crippen LogP contribution in [0.25, 0.3) is 0 Å². The van der Waals surface area contributed by atoms with Gasteiger partial charge in [0.2, 0.25) is 0 Å². The molecule has 2 rings (SSSR count). The third-order valence-electron chi connectivity index (χ3n) is 4.07. The second-order valence-corrected chi connectivity index (χ2v) is 5.89. The van der Waals surface area contributed by atoms with E-state index in [-0.39, 0.29) is 18.2 Å². The summed E-state index contributed by atoms with van der Waals surface area (Å²) in [6.45, 7) is 4.82. The van der Waals surface area contributed by atoms with Gasteiger partial charge in [0.15, 0.2) is 0 Å². The average Bonchev–Trinajstić information content (AvgIpc) is 2.55. The van der Waals surface area contributed by atoms with Crippen molar-refractivity contribution in [3.63, 3.8) is 0 Å². The second kappa shape index (κ2) is 7.90. The van der Waals surface area contributed by atoms with Crippen LogP contribution in [0.3, 0.4) is 0 Å². The fraction of sp³-hybridized carbons (Fsp3) is 0.316. The minimum atomic E-state index is -0.924. The molecule has 0 aliphatic heterocycles. The maximum atomic E-state index is 10.8. The lowest BCUT2D eigenvalue weighted by Crippen LogP contribution is -2.34. The van der Waals surface area contributed by atoms with Gasteiger partial charge in [0, 0.05) is 12.6 Å². The van der Waals surface area contributed by atoms with E-state index in [2.05, 4.69) is 37.4 Å². The van der Waals surface area contributed by atoms with Crippen LogP contribution in [0.2, 0.25) is 0 Å². The molecule has 0 radical (unpaired) electrons. The summed E-state index contributed by atoms with van der Waals surface area (Å²) in [5.41, 5.74) is 4.99. The Morgan fingerprint density at radius 3 is 2.26 bits per heavy atom. The normalized spacial score (nSPS) is 12.1. The largest absolute Gasteiger partial charge is 0.478 e. The summed E-state index contributed by atoms with van der Waals surface area (Å²) in [5, 5.41) is 21.8. The molecule has 3 N–H and O–H groups in total. The van der Waals surface area contributed by atoms with Gasteiger partial charge in [-0.25, -0.2) is 4.79 Å². The van der Waals surface area contributed by atoms with Crippen LogP contribution < -0.4 is 5.32 Å².